The summed E-state index contributed by atoms with van der Waals surface area (Å²) in [7, 11) is 1.66. The van der Waals surface area contributed by atoms with E-state index in [-0.39, 0.29) is 0 Å². The summed E-state index contributed by atoms with van der Waals surface area (Å²) in [4.78, 5) is 3.23. The Balaban J connectivity index is 2.19. The normalized spacial score (nSPS) is 15.6. The second-order valence-electron chi connectivity index (χ2n) is 3.19. The van der Waals surface area contributed by atoms with Gasteiger partial charge in [-0.2, -0.15) is 0 Å². The molecule has 0 bridgehead atoms. The van der Waals surface area contributed by atoms with Crippen LogP contribution in [-0.4, -0.2) is 26.2 Å². The van der Waals surface area contributed by atoms with Crippen LogP contribution in [0.4, 0.5) is 0 Å². The standard InChI is InChI=1S/C11H13NO2/c1-13-10-5-3-9(4-6-10)11-12-7-2-8-14-11/h3-6H,2,7-8H2,1H3/p+1. The van der Waals surface area contributed by atoms with Crippen molar-refractivity contribution in [2.75, 3.05) is 20.3 Å². The third-order valence-electron chi connectivity index (χ3n) is 2.21. The Morgan fingerprint density at radius 2 is 2.07 bits per heavy atom. The van der Waals surface area contributed by atoms with Crippen molar-refractivity contribution in [3.8, 4) is 5.75 Å². The van der Waals surface area contributed by atoms with E-state index in [1.807, 2.05) is 24.3 Å². The van der Waals surface area contributed by atoms with Crippen LogP contribution < -0.4 is 9.73 Å². The SMILES string of the molecule is COc1ccc(C2=[NH+]CCCO2)cc1. The van der Waals surface area contributed by atoms with Crippen LogP contribution in [0, 0.1) is 0 Å². The zero-order valence-corrected chi connectivity index (χ0v) is 8.25. The number of benzene rings is 1. The van der Waals surface area contributed by atoms with Gasteiger partial charge in [0, 0.05) is 6.42 Å². The van der Waals surface area contributed by atoms with Crippen LogP contribution in [0.1, 0.15) is 12.0 Å². The molecule has 0 saturated carbocycles. The molecule has 1 heterocycles. The van der Waals surface area contributed by atoms with Crippen LogP contribution in [0.2, 0.25) is 0 Å². The average Bonchev–Trinajstić information content (AvgIpc) is 2.30. The molecule has 1 aliphatic heterocycles. The van der Waals surface area contributed by atoms with Crippen molar-refractivity contribution < 1.29 is 14.5 Å². The monoisotopic (exact) mass is 192 g/mol. The molecule has 0 fully saturated rings. The molecule has 1 aromatic rings. The van der Waals surface area contributed by atoms with E-state index in [4.69, 9.17) is 9.47 Å². The minimum Gasteiger partial charge on any atom is -0.497 e. The number of ether oxygens (including phenoxy) is 2. The predicted octanol–water partition coefficient (Wildman–Crippen LogP) is -0.0573. The van der Waals surface area contributed by atoms with Crippen LogP contribution in [0.5, 0.6) is 5.75 Å². The van der Waals surface area contributed by atoms with Gasteiger partial charge in [0.05, 0.1) is 12.7 Å². The molecule has 0 aliphatic carbocycles. The van der Waals surface area contributed by atoms with E-state index in [0.717, 1.165) is 36.8 Å². The van der Waals surface area contributed by atoms with E-state index in [2.05, 4.69) is 4.99 Å². The number of hydrogen-bond acceptors (Lipinski definition) is 2. The molecule has 0 unspecified atom stereocenters. The van der Waals surface area contributed by atoms with Gasteiger partial charge in [0.15, 0.2) is 0 Å². The maximum Gasteiger partial charge on any atom is 0.368 e. The molecule has 1 aromatic carbocycles. The van der Waals surface area contributed by atoms with Crippen molar-refractivity contribution in [3.63, 3.8) is 0 Å². The zero-order valence-electron chi connectivity index (χ0n) is 8.25. The zero-order chi connectivity index (χ0) is 9.80. The van der Waals surface area contributed by atoms with E-state index >= 15 is 0 Å². The molecule has 3 nitrogen and oxygen atoms in total. The average molecular weight is 192 g/mol. The first kappa shape index (κ1) is 9.06. The van der Waals surface area contributed by atoms with Crippen molar-refractivity contribution in [1.82, 2.24) is 0 Å². The molecule has 74 valence electrons. The summed E-state index contributed by atoms with van der Waals surface area (Å²) in [6.45, 7) is 1.79. The number of methoxy groups -OCH3 is 1. The summed E-state index contributed by atoms with van der Waals surface area (Å²) >= 11 is 0. The van der Waals surface area contributed by atoms with E-state index in [9.17, 15) is 0 Å². The Hall–Kier alpha value is -1.51. The first-order chi connectivity index (χ1) is 6.90. The van der Waals surface area contributed by atoms with Gasteiger partial charge < -0.3 is 9.47 Å². The Bertz CT molecular complexity index is 330. The van der Waals surface area contributed by atoms with Gasteiger partial charge in [-0.25, -0.2) is 4.99 Å². The Morgan fingerprint density at radius 3 is 2.64 bits per heavy atom. The highest BCUT2D eigenvalue weighted by molar-refractivity contribution is 5.89. The fourth-order valence-corrected chi connectivity index (χ4v) is 1.43. The first-order valence-electron chi connectivity index (χ1n) is 4.78. The van der Waals surface area contributed by atoms with Crippen molar-refractivity contribution in [1.29, 1.82) is 0 Å². The lowest BCUT2D eigenvalue weighted by molar-refractivity contribution is -0.476. The number of nitrogens with one attached hydrogen (secondary N) is 1. The van der Waals surface area contributed by atoms with Crippen LogP contribution >= 0.6 is 0 Å². The molecule has 1 N–H and O–H groups in total. The molecule has 3 heteroatoms. The maximum absolute atomic E-state index is 5.50. The molecule has 0 atom stereocenters. The summed E-state index contributed by atoms with van der Waals surface area (Å²) in [5, 5.41) is 0. The lowest BCUT2D eigenvalue weighted by Crippen LogP contribution is -2.76. The maximum atomic E-state index is 5.50. The van der Waals surface area contributed by atoms with E-state index in [0.29, 0.717) is 0 Å². The van der Waals surface area contributed by atoms with Gasteiger partial charge in [-0.3, -0.25) is 0 Å². The molecule has 0 amide bonds. The van der Waals surface area contributed by atoms with Crippen molar-refractivity contribution >= 4 is 5.90 Å². The third-order valence-corrected chi connectivity index (χ3v) is 2.21. The molecular weight excluding hydrogens is 178 g/mol. The smallest absolute Gasteiger partial charge is 0.368 e. The minimum atomic E-state index is 0.800. The van der Waals surface area contributed by atoms with Crippen molar-refractivity contribution in [2.24, 2.45) is 0 Å². The first-order valence-corrected chi connectivity index (χ1v) is 4.78. The molecule has 0 spiro atoms. The molecular formula is C11H14NO2+. The second kappa shape index (κ2) is 4.13. The predicted molar refractivity (Wildman–Crippen MR) is 53.5 cm³/mol. The van der Waals surface area contributed by atoms with Gasteiger partial charge in [0.1, 0.15) is 18.9 Å². The quantitative estimate of drug-likeness (QED) is 0.712. The van der Waals surface area contributed by atoms with Gasteiger partial charge in [0.2, 0.25) is 0 Å². The fraction of sp³-hybridized carbons (Fsp3) is 0.364. The fourth-order valence-electron chi connectivity index (χ4n) is 1.43. The highest BCUT2D eigenvalue weighted by Crippen LogP contribution is 2.11. The summed E-state index contributed by atoms with van der Waals surface area (Å²) < 4.78 is 10.6. The lowest BCUT2D eigenvalue weighted by atomic mass is 10.2. The van der Waals surface area contributed by atoms with Gasteiger partial charge in [-0.15, -0.1) is 0 Å². The number of hydrogen-bond donors (Lipinski definition) is 1. The topological polar surface area (TPSA) is 32.4 Å². The molecule has 0 radical (unpaired) electrons. The Morgan fingerprint density at radius 1 is 1.29 bits per heavy atom. The van der Waals surface area contributed by atoms with E-state index in [1.54, 1.807) is 7.11 Å². The summed E-state index contributed by atoms with van der Waals surface area (Å²) in [5.74, 6) is 1.74. The molecule has 0 saturated heterocycles. The highest BCUT2D eigenvalue weighted by atomic mass is 16.5. The van der Waals surface area contributed by atoms with Crippen LogP contribution in [0.25, 0.3) is 0 Å². The van der Waals surface area contributed by atoms with Gasteiger partial charge >= 0.3 is 5.90 Å². The molecule has 2 rings (SSSR count). The Labute approximate surface area is 83.4 Å². The van der Waals surface area contributed by atoms with Gasteiger partial charge in [-0.1, -0.05) is 0 Å². The van der Waals surface area contributed by atoms with Gasteiger partial charge in [-0.05, 0) is 24.3 Å². The molecule has 14 heavy (non-hydrogen) atoms. The van der Waals surface area contributed by atoms with Crippen LogP contribution in [-0.2, 0) is 4.74 Å². The highest BCUT2D eigenvalue weighted by Gasteiger charge is 2.14. The molecule has 0 aromatic heterocycles. The van der Waals surface area contributed by atoms with Gasteiger partial charge in [0.25, 0.3) is 0 Å². The summed E-state index contributed by atoms with van der Waals surface area (Å²) in [6.07, 6.45) is 1.07. The summed E-state index contributed by atoms with van der Waals surface area (Å²) in [5.41, 5.74) is 1.07. The lowest BCUT2D eigenvalue weighted by Gasteiger charge is -2.08. The molecule has 1 aliphatic rings. The summed E-state index contributed by atoms with van der Waals surface area (Å²) in [6, 6.07) is 7.85. The largest absolute Gasteiger partial charge is 0.497 e. The second-order valence-corrected chi connectivity index (χ2v) is 3.19. The van der Waals surface area contributed by atoms with Crippen LogP contribution in [0.3, 0.4) is 0 Å². The van der Waals surface area contributed by atoms with Crippen molar-refractivity contribution in [3.05, 3.63) is 29.8 Å². The Kier molecular flexibility index (Phi) is 2.68. The number of rotatable bonds is 2. The van der Waals surface area contributed by atoms with E-state index in [1.165, 1.54) is 0 Å². The van der Waals surface area contributed by atoms with E-state index < -0.39 is 0 Å². The minimum absolute atomic E-state index is 0.800. The van der Waals surface area contributed by atoms with Crippen LogP contribution in [0.15, 0.2) is 24.3 Å². The van der Waals surface area contributed by atoms with Crippen molar-refractivity contribution in [2.45, 2.75) is 6.42 Å². The third kappa shape index (κ3) is 1.87.